The molecular weight excluding hydrogens is 328 g/mol. The van der Waals surface area contributed by atoms with Crippen molar-refractivity contribution in [3.63, 3.8) is 0 Å². The van der Waals surface area contributed by atoms with Crippen molar-refractivity contribution in [2.45, 2.75) is 17.9 Å². The molecule has 24 heavy (non-hydrogen) atoms. The Morgan fingerprint density at radius 1 is 1.17 bits per heavy atom. The molecule has 8 heteroatoms. The first-order valence-corrected chi connectivity index (χ1v) is 9.96. The first-order valence-electron chi connectivity index (χ1n) is 8.52. The number of sulfonamides is 1. The first kappa shape index (κ1) is 17.8. The van der Waals surface area contributed by atoms with Gasteiger partial charge in [0.25, 0.3) is 0 Å². The molecule has 0 N–H and O–H groups in total. The number of hydrogen-bond acceptors (Lipinski definition) is 6. The Labute approximate surface area is 144 Å². The third-order valence-electron chi connectivity index (χ3n) is 4.79. The summed E-state index contributed by atoms with van der Waals surface area (Å²) in [7, 11) is -3.42. The number of piperazine rings is 1. The number of nitrogens with zero attached hydrogens (tertiary/aromatic N) is 4. The van der Waals surface area contributed by atoms with Crippen LogP contribution in [0.3, 0.4) is 0 Å². The lowest BCUT2D eigenvalue weighted by Gasteiger charge is -2.39. The highest BCUT2D eigenvalue weighted by Gasteiger charge is 2.30. The second-order valence-corrected chi connectivity index (χ2v) is 8.33. The fraction of sp³-hybridized carbons (Fsp3) is 0.688. The van der Waals surface area contributed by atoms with Crippen LogP contribution >= 0.6 is 0 Å². The number of rotatable bonds is 5. The van der Waals surface area contributed by atoms with Gasteiger partial charge >= 0.3 is 0 Å². The largest absolute Gasteiger partial charge is 0.379 e. The molecule has 0 saturated carbocycles. The first-order chi connectivity index (χ1) is 11.6. The molecule has 0 spiro atoms. The highest BCUT2D eigenvalue weighted by molar-refractivity contribution is 7.89. The molecule has 2 saturated heterocycles. The van der Waals surface area contributed by atoms with Gasteiger partial charge in [-0.25, -0.2) is 8.42 Å². The average molecular weight is 354 g/mol. The van der Waals surface area contributed by atoms with E-state index in [4.69, 9.17) is 4.74 Å². The molecule has 0 unspecified atom stereocenters. The lowest BCUT2D eigenvalue weighted by atomic mass is 10.2. The molecule has 2 aliphatic rings. The standard InChI is InChI=1S/C16H26N4O3S/c1-15(14-18-9-11-23-12-10-18)19-5-7-20(8-6-19)24(21,22)16-3-2-4-17-13-16/h2-4,13,15H,5-12,14H2,1H3/t15-/m1/s1. The van der Waals surface area contributed by atoms with Gasteiger partial charge in [0.2, 0.25) is 10.0 Å². The second-order valence-electron chi connectivity index (χ2n) is 6.39. The summed E-state index contributed by atoms with van der Waals surface area (Å²) < 4.78 is 32.2. The zero-order chi connectivity index (χ0) is 17.0. The van der Waals surface area contributed by atoms with E-state index in [1.165, 1.54) is 6.20 Å². The van der Waals surface area contributed by atoms with Crippen molar-refractivity contribution in [2.75, 3.05) is 59.0 Å². The maximum absolute atomic E-state index is 12.6. The minimum absolute atomic E-state index is 0.278. The fourth-order valence-electron chi connectivity index (χ4n) is 3.31. The number of ether oxygens (including phenoxy) is 1. The lowest BCUT2D eigenvalue weighted by Crippen LogP contribution is -2.54. The van der Waals surface area contributed by atoms with Crippen molar-refractivity contribution < 1.29 is 13.2 Å². The van der Waals surface area contributed by atoms with Crippen LogP contribution in [-0.2, 0) is 14.8 Å². The molecule has 1 aromatic rings. The van der Waals surface area contributed by atoms with Crippen molar-refractivity contribution >= 4 is 10.0 Å². The Kier molecular flexibility index (Phi) is 5.83. The van der Waals surface area contributed by atoms with Crippen LogP contribution in [-0.4, -0.2) is 92.6 Å². The van der Waals surface area contributed by atoms with Crippen LogP contribution in [0, 0.1) is 0 Å². The predicted octanol–water partition coefficient (Wildman–Crippen LogP) is 0.109. The Morgan fingerprint density at radius 2 is 1.88 bits per heavy atom. The van der Waals surface area contributed by atoms with Crippen LogP contribution in [0.5, 0.6) is 0 Å². The van der Waals surface area contributed by atoms with E-state index >= 15 is 0 Å². The molecule has 2 fully saturated rings. The molecule has 0 amide bonds. The number of aromatic nitrogens is 1. The molecule has 0 aliphatic carbocycles. The summed E-state index contributed by atoms with van der Waals surface area (Å²) in [6.07, 6.45) is 3.01. The average Bonchev–Trinajstić information content (AvgIpc) is 2.63. The number of hydrogen-bond donors (Lipinski definition) is 0. The van der Waals surface area contributed by atoms with Crippen molar-refractivity contribution in [1.82, 2.24) is 19.1 Å². The van der Waals surface area contributed by atoms with Crippen LogP contribution in [0.15, 0.2) is 29.4 Å². The van der Waals surface area contributed by atoms with Crippen LogP contribution in [0.1, 0.15) is 6.92 Å². The predicted molar refractivity (Wildman–Crippen MR) is 91.3 cm³/mol. The minimum Gasteiger partial charge on any atom is -0.379 e. The minimum atomic E-state index is -3.42. The van der Waals surface area contributed by atoms with Crippen LogP contribution < -0.4 is 0 Å². The van der Waals surface area contributed by atoms with Gasteiger partial charge in [0.15, 0.2) is 0 Å². The molecule has 0 bridgehead atoms. The zero-order valence-electron chi connectivity index (χ0n) is 14.2. The topological polar surface area (TPSA) is 66.0 Å². The maximum Gasteiger partial charge on any atom is 0.244 e. The summed E-state index contributed by atoms with van der Waals surface area (Å²) in [6.45, 7) is 9.43. The van der Waals surface area contributed by atoms with Crippen molar-refractivity contribution in [3.05, 3.63) is 24.5 Å². The summed E-state index contributed by atoms with van der Waals surface area (Å²) in [6, 6.07) is 3.69. The van der Waals surface area contributed by atoms with Gasteiger partial charge in [-0.05, 0) is 19.1 Å². The van der Waals surface area contributed by atoms with Gasteiger partial charge < -0.3 is 4.74 Å². The summed E-state index contributed by atoms with van der Waals surface area (Å²) in [5.41, 5.74) is 0. The third-order valence-corrected chi connectivity index (χ3v) is 6.68. The monoisotopic (exact) mass is 354 g/mol. The van der Waals surface area contributed by atoms with Crippen LogP contribution in [0.2, 0.25) is 0 Å². The molecule has 1 atom stereocenters. The molecule has 134 valence electrons. The Balaban J connectivity index is 1.53. The van der Waals surface area contributed by atoms with E-state index < -0.39 is 10.0 Å². The van der Waals surface area contributed by atoms with Gasteiger partial charge in [0.05, 0.1) is 13.2 Å². The van der Waals surface area contributed by atoms with Gasteiger partial charge in [0.1, 0.15) is 4.90 Å². The van der Waals surface area contributed by atoms with Gasteiger partial charge in [-0.2, -0.15) is 4.31 Å². The SMILES string of the molecule is C[C@H](CN1CCOCC1)N1CCN(S(=O)(=O)c2cccnc2)CC1. The molecule has 1 aromatic heterocycles. The van der Waals surface area contributed by atoms with E-state index in [1.54, 1.807) is 22.6 Å². The van der Waals surface area contributed by atoms with Gasteiger partial charge in [-0.3, -0.25) is 14.8 Å². The molecule has 0 radical (unpaired) electrons. The van der Waals surface area contributed by atoms with Crippen LogP contribution in [0.25, 0.3) is 0 Å². The van der Waals surface area contributed by atoms with Crippen molar-refractivity contribution in [3.8, 4) is 0 Å². The molecule has 7 nitrogen and oxygen atoms in total. The second kappa shape index (κ2) is 7.88. The quantitative estimate of drug-likeness (QED) is 0.748. The number of pyridine rings is 1. The van der Waals surface area contributed by atoms with Crippen molar-refractivity contribution in [1.29, 1.82) is 0 Å². The maximum atomic E-state index is 12.6. The highest BCUT2D eigenvalue weighted by Crippen LogP contribution is 2.17. The molecule has 3 rings (SSSR count). The third kappa shape index (κ3) is 4.12. The smallest absolute Gasteiger partial charge is 0.244 e. The summed E-state index contributed by atoms with van der Waals surface area (Å²) in [5, 5.41) is 0. The Hall–Kier alpha value is -1.06. The Bertz CT molecular complexity index is 611. The molecule has 2 aliphatic heterocycles. The van der Waals surface area contributed by atoms with E-state index in [-0.39, 0.29) is 4.90 Å². The van der Waals surface area contributed by atoms with E-state index in [2.05, 4.69) is 21.7 Å². The van der Waals surface area contributed by atoms with E-state index in [0.717, 1.165) is 45.9 Å². The summed E-state index contributed by atoms with van der Waals surface area (Å²) in [4.78, 5) is 9.00. The summed E-state index contributed by atoms with van der Waals surface area (Å²) >= 11 is 0. The highest BCUT2D eigenvalue weighted by atomic mass is 32.2. The van der Waals surface area contributed by atoms with Gasteiger partial charge in [0, 0.05) is 64.2 Å². The normalized spacial score (nSPS) is 23.2. The van der Waals surface area contributed by atoms with E-state index in [0.29, 0.717) is 19.1 Å². The zero-order valence-corrected chi connectivity index (χ0v) is 15.0. The molecule has 0 aromatic carbocycles. The number of morpholine rings is 1. The Morgan fingerprint density at radius 3 is 2.50 bits per heavy atom. The van der Waals surface area contributed by atoms with E-state index in [9.17, 15) is 8.42 Å². The lowest BCUT2D eigenvalue weighted by molar-refractivity contribution is 0.0211. The van der Waals surface area contributed by atoms with Gasteiger partial charge in [-0.15, -0.1) is 0 Å². The van der Waals surface area contributed by atoms with Crippen molar-refractivity contribution in [2.24, 2.45) is 0 Å². The molecular formula is C16H26N4O3S. The summed E-state index contributed by atoms with van der Waals surface area (Å²) in [5.74, 6) is 0. The van der Waals surface area contributed by atoms with Gasteiger partial charge in [-0.1, -0.05) is 0 Å². The van der Waals surface area contributed by atoms with E-state index in [1.807, 2.05) is 0 Å². The molecule has 3 heterocycles. The fourth-order valence-corrected chi connectivity index (χ4v) is 4.69. The van der Waals surface area contributed by atoms with Crippen LogP contribution in [0.4, 0.5) is 0 Å².